The van der Waals surface area contributed by atoms with Crippen LogP contribution in [0.4, 0.5) is 0 Å². The van der Waals surface area contributed by atoms with Crippen LogP contribution < -0.4 is 0 Å². The number of nitrogens with zero attached hydrogens (tertiary/aromatic N) is 3. The fourth-order valence-corrected chi connectivity index (χ4v) is 1.60. The smallest absolute Gasteiger partial charge is 0.143 e. The Kier molecular flexibility index (Phi) is 11.5. The first-order valence-electron chi connectivity index (χ1n) is 6.07. The van der Waals surface area contributed by atoms with Crippen LogP contribution in [0.3, 0.4) is 0 Å². The molecule has 0 aliphatic rings. The Morgan fingerprint density at radius 1 is 1.11 bits per heavy atom. The summed E-state index contributed by atoms with van der Waals surface area (Å²) in [6.07, 6.45) is 1.80. The summed E-state index contributed by atoms with van der Waals surface area (Å²) in [5.41, 5.74) is 0. The van der Waals surface area contributed by atoms with Gasteiger partial charge in [0.1, 0.15) is 6.79 Å². The molecule has 0 aliphatic heterocycles. The first-order chi connectivity index (χ1) is 8.74. The van der Waals surface area contributed by atoms with Crippen molar-refractivity contribution in [3.05, 3.63) is 0 Å². The fraction of sp³-hybridized carbons (Fsp3) is 0.833. The third-order valence-electron chi connectivity index (χ3n) is 2.40. The third-order valence-corrected chi connectivity index (χ3v) is 2.40. The number of rotatable bonds is 11. The minimum Gasteiger partial charge on any atom is -0.389 e. The molecule has 1 unspecified atom stereocenters. The molecule has 0 aliphatic carbocycles. The topological polar surface area (TPSA) is 101 Å². The van der Waals surface area contributed by atoms with Crippen molar-refractivity contribution in [3.8, 4) is 12.1 Å². The molecule has 6 heteroatoms. The first kappa shape index (κ1) is 16.8. The van der Waals surface area contributed by atoms with Crippen molar-refractivity contribution >= 4 is 0 Å². The summed E-state index contributed by atoms with van der Waals surface area (Å²) in [5, 5.41) is 35.1. The highest BCUT2D eigenvalue weighted by molar-refractivity contribution is 4.74. The van der Waals surface area contributed by atoms with E-state index in [1.54, 1.807) is 0 Å². The third kappa shape index (κ3) is 10.0. The molecule has 0 aromatic rings. The van der Waals surface area contributed by atoms with E-state index in [0.29, 0.717) is 19.4 Å². The van der Waals surface area contributed by atoms with Crippen LogP contribution in [0.1, 0.15) is 25.7 Å². The maximum atomic E-state index is 9.66. The van der Waals surface area contributed by atoms with Crippen LogP contribution in [0.15, 0.2) is 0 Å². The van der Waals surface area contributed by atoms with Crippen LogP contribution in [0, 0.1) is 22.7 Å². The van der Waals surface area contributed by atoms with E-state index in [-0.39, 0.29) is 6.61 Å². The number of unbranched alkanes of at least 4 members (excludes halogenated alkanes) is 2. The van der Waals surface area contributed by atoms with Crippen LogP contribution in [0.2, 0.25) is 0 Å². The monoisotopic (exact) mass is 255 g/mol. The highest BCUT2D eigenvalue weighted by Gasteiger charge is 2.11. The molecule has 0 aromatic carbocycles. The van der Waals surface area contributed by atoms with Crippen LogP contribution in [-0.4, -0.2) is 54.3 Å². The van der Waals surface area contributed by atoms with Crippen molar-refractivity contribution < 1.29 is 14.9 Å². The summed E-state index contributed by atoms with van der Waals surface area (Å²) in [6, 6.07) is 4.16. The Morgan fingerprint density at radius 3 is 2.11 bits per heavy atom. The zero-order valence-corrected chi connectivity index (χ0v) is 10.6. The van der Waals surface area contributed by atoms with Gasteiger partial charge in [0.15, 0.2) is 0 Å². The Labute approximate surface area is 108 Å². The Balaban J connectivity index is 3.94. The molecule has 0 amide bonds. The zero-order valence-electron chi connectivity index (χ0n) is 10.6. The van der Waals surface area contributed by atoms with Crippen molar-refractivity contribution in [2.24, 2.45) is 0 Å². The lowest BCUT2D eigenvalue weighted by atomic mass is 10.2. The average molecular weight is 255 g/mol. The fourth-order valence-electron chi connectivity index (χ4n) is 1.60. The van der Waals surface area contributed by atoms with Crippen molar-refractivity contribution in [1.82, 2.24) is 4.90 Å². The number of nitriles is 2. The predicted molar refractivity (Wildman–Crippen MR) is 65.2 cm³/mol. The number of hydrogen-bond acceptors (Lipinski definition) is 6. The molecule has 0 spiro atoms. The van der Waals surface area contributed by atoms with Gasteiger partial charge in [0.25, 0.3) is 0 Å². The molecule has 0 saturated carbocycles. The van der Waals surface area contributed by atoms with E-state index in [4.69, 9.17) is 20.4 Å². The molecule has 0 fully saturated rings. The maximum Gasteiger partial charge on any atom is 0.143 e. The Hall–Kier alpha value is -1.18. The molecule has 0 rings (SSSR count). The number of aliphatic hydroxyl groups excluding tert-OH is 2. The van der Waals surface area contributed by atoms with Crippen molar-refractivity contribution in [3.63, 3.8) is 0 Å². The van der Waals surface area contributed by atoms with Crippen LogP contribution >= 0.6 is 0 Å². The maximum absolute atomic E-state index is 9.66. The molecule has 0 radical (unpaired) electrons. The van der Waals surface area contributed by atoms with Crippen molar-refractivity contribution in [1.29, 1.82) is 10.5 Å². The largest absolute Gasteiger partial charge is 0.389 e. The van der Waals surface area contributed by atoms with Gasteiger partial charge >= 0.3 is 0 Å². The molecule has 0 heterocycles. The second kappa shape index (κ2) is 12.3. The summed E-state index contributed by atoms with van der Waals surface area (Å²) >= 11 is 0. The molecular weight excluding hydrogens is 234 g/mol. The van der Waals surface area contributed by atoms with Gasteiger partial charge in [0.05, 0.1) is 24.8 Å². The van der Waals surface area contributed by atoms with Crippen molar-refractivity contribution in [2.75, 3.05) is 33.0 Å². The van der Waals surface area contributed by atoms with Crippen molar-refractivity contribution in [2.45, 2.75) is 31.8 Å². The Bertz CT molecular complexity index is 253. The van der Waals surface area contributed by atoms with Gasteiger partial charge in [-0.25, -0.2) is 0 Å². The van der Waals surface area contributed by atoms with E-state index in [1.165, 1.54) is 0 Å². The normalized spacial score (nSPS) is 12.1. The van der Waals surface area contributed by atoms with Gasteiger partial charge < -0.3 is 19.8 Å². The highest BCUT2D eigenvalue weighted by Crippen LogP contribution is 2.01. The number of ether oxygens (including phenoxy) is 1. The lowest BCUT2D eigenvalue weighted by Gasteiger charge is -2.24. The first-order valence-corrected chi connectivity index (χ1v) is 6.07. The molecule has 1 atom stereocenters. The van der Waals surface area contributed by atoms with Gasteiger partial charge in [-0.3, -0.25) is 0 Å². The van der Waals surface area contributed by atoms with Gasteiger partial charge in [0.2, 0.25) is 0 Å². The second-order valence-electron chi connectivity index (χ2n) is 3.98. The molecule has 0 bridgehead atoms. The van der Waals surface area contributed by atoms with Gasteiger partial charge in [-0.1, -0.05) is 0 Å². The van der Waals surface area contributed by atoms with Gasteiger partial charge in [0, 0.05) is 19.4 Å². The zero-order chi connectivity index (χ0) is 13.6. The molecular formula is C12H21N3O3. The molecule has 102 valence electrons. The predicted octanol–water partition coefficient (Wildman–Crippen LogP) is 0.223. The molecule has 0 saturated heterocycles. The molecule has 18 heavy (non-hydrogen) atoms. The highest BCUT2D eigenvalue weighted by atomic mass is 16.6. The number of hydrogen-bond donors (Lipinski definition) is 2. The minimum atomic E-state index is -0.665. The van der Waals surface area contributed by atoms with Gasteiger partial charge in [-0.05, 0) is 25.9 Å². The van der Waals surface area contributed by atoms with E-state index < -0.39 is 12.9 Å². The second-order valence-corrected chi connectivity index (χ2v) is 3.98. The van der Waals surface area contributed by atoms with Gasteiger partial charge in [-0.15, -0.1) is 0 Å². The van der Waals surface area contributed by atoms with Crippen LogP contribution in [0.5, 0.6) is 0 Å². The lowest BCUT2D eigenvalue weighted by Crippen LogP contribution is -2.36. The lowest BCUT2D eigenvalue weighted by molar-refractivity contribution is -0.0486. The summed E-state index contributed by atoms with van der Waals surface area (Å²) < 4.78 is 4.72. The van der Waals surface area contributed by atoms with Gasteiger partial charge in [-0.2, -0.15) is 10.5 Å². The van der Waals surface area contributed by atoms with Crippen LogP contribution in [0.25, 0.3) is 0 Å². The Morgan fingerprint density at radius 2 is 1.67 bits per heavy atom. The van der Waals surface area contributed by atoms with E-state index in [1.807, 2.05) is 4.90 Å². The summed E-state index contributed by atoms with van der Waals surface area (Å²) in [5.74, 6) is 0. The van der Waals surface area contributed by atoms with Crippen LogP contribution in [-0.2, 0) is 4.74 Å². The van der Waals surface area contributed by atoms with E-state index in [0.717, 1.165) is 25.9 Å². The standard InChI is InChI=1S/C12H21N3O3/c13-5-1-3-7-15(8-4-2-6-14)9-12(17)10-18-11-16/h12,16-17H,1-4,7-11H2. The molecule has 2 N–H and O–H groups in total. The SMILES string of the molecule is N#CCCCN(CCCC#N)CC(O)COCO. The molecule has 0 aromatic heterocycles. The minimum absolute atomic E-state index is 0.0868. The summed E-state index contributed by atoms with van der Waals surface area (Å²) in [4.78, 5) is 2.01. The van der Waals surface area contributed by atoms with E-state index >= 15 is 0 Å². The average Bonchev–Trinajstić information content (AvgIpc) is 2.36. The quantitative estimate of drug-likeness (QED) is 0.405. The van der Waals surface area contributed by atoms with E-state index in [2.05, 4.69) is 12.1 Å². The van der Waals surface area contributed by atoms with E-state index in [9.17, 15) is 5.11 Å². The summed E-state index contributed by atoms with van der Waals surface area (Å²) in [7, 11) is 0. The number of aliphatic hydroxyl groups is 2. The summed E-state index contributed by atoms with van der Waals surface area (Å²) in [6.45, 7) is 1.55. The molecule has 6 nitrogen and oxygen atoms in total.